The lowest BCUT2D eigenvalue weighted by Crippen LogP contribution is -2.38. The molecule has 0 spiro atoms. The molecule has 9 heteroatoms. The molecule has 140 valence electrons. The van der Waals surface area contributed by atoms with Crippen molar-refractivity contribution in [2.75, 3.05) is 21.3 Å². The molecule has 0 amide bonds. The molecule has 3 rings (SSSR count). The molecule has 2 aliphatic heterocycles. The topological polar surface area (TPSA) is 110 Å². The summed E-state index contributed by atoms with van der Waals surface area (Å²) in [6, 6.07) is 6.70. The van der Waals surface area contributed by atoms with Gasteiger partial charge in [0.25, 0.3) is 0 Å². The number of allylic oxidation sites excluding steroid dienone is 2. The fourth-order valence-electron chi connectivity index (χ4n) is 3.05. The molecule has 1 aromatic carbocycles. The molecule has 2 N–H and O–H groups in total. The van der Waals surface area contributed by atoms with Gasteiger partial charge in [0.15, 0.2) is 5.17 Å². The zero-order valence-corrected chi connectivity index (χ0v) is 16.1. The Morgan fingerprint density at radius 1 is 1.33 bits per heavy atom. The summed E-state index contributed by atoms with van der Waals surface area (Å²) in [5.74, 6) is 0.829. The Bertz CT molecular complexity index is 945. The highest BCUT2D eigenvalue weighted by molar-refractivity contribution is 8.17. The van der Waals surface area contributed by atoms with Crippen LogP contribution < -0.4 is 15.2 Å². The van der Waals surface area contributed by atoms with E-state index >= 15 is 0 Å². The van der Waals surface area contributed by atoms with Gasteiger partial charge in [0.2, 0.25) is 0 Å². The second-order valence-corrected chi connectivity index (χ2v) is 6.67. The molecule has 8 nitrogen and oxygen atoms in total. The van der Waals surface area contributed by atoms with Crippen LogP contribution in [0.3, 0.4) is 0 Å². The number of hydrogen-bond acceptors (Lipinski definition) is 9. The van der Waals surface area contributed by atoms with Crippen LogP contribution in [0, 0.1) is 11.3 Å². The fraction of sp³-hybridized carbons (Fsp3) is 0.278. The number of ether oxygens (including phenoxy) is 3. The molecule has 0 unspecified atom stereocenters. The molecule has 0 saturated carbocycles. The number of aliphatic imine (C=N–C) groups is 1. The third kappa shape index (κ3) is 2.98. The summed E-state index contributed by atoms with van der Waals surface area (Å²) in [6.45, 7) is 1.72. The number of fused-ring (bicyclic) bond motifs is 1. The van der Waals surface area contributed by atoms with E-state index in [0.717, 1.165) is 11.8 Å². The molecule has 0 radical (unpaired) electrons. The second kappa shape index (κ2) is 7.25. The predicted octanol–water partition coefficient (Wildman–Crippen LogP) is 2.26. The van der Waals surface area contributed by atoms with Gasteiger partial charge in [-0.05, 0) is 30.8 Å². The average molecular weight is 386 g/mol. The number of benzene rings is 1. The number of nitrogens with two attached hydrogens (primary N) is 1. The van der Waals surface area contributed by atoms with Crippen LogP contribution in [0.1, 0.15) is 18.5 Å². The first-order valence-corrected chi connectivity index (χ1v) is 8.75. The average Bonchev–Trinajstić information content (AvgIpc) is 3.01. The largest absolute Gasteiger partial charge is 0.497 e. The van der Waals surface area contributed by atoms with Crippen LogP contribution in [0.15, 0.2) is 45.2 Å². The van der Waals surface area contributed by atoms with E-state index < -0.39 is 12.0 Å². The lowest BCUT2D eigenvalue weighted by atomic mass is 9.93. The number of methoxy groups -OCH3 is 3. The van der Waals surface area contributed by atoms with Crippen LogP contribution in [0.2, 0.25) is 0 Å². The van der Waals surface area contributed by atoms with Crippen molar-refractivity contribution < 1.29 is 19.0 Å². The number of thioether (sulfide) groups is 1. The quantitative estimate of drug-likeness (QED) is 0.785. The fourth-order valence-corrected chi connectivity index (χ4v) is 3.97. The molecule has 27 heavy (non-hydrogen) atoms. The maximum atomic E-state index is 12.6. The first-order valence-electron chi connectivity index (χ1n) is 7.93. The lowest BCUT2D eigenvalue weighted by molar-refractivity contribution is -0.136. The molecule has 0 saturated heterocycles. The van der Waals surface area contributed by atoms with Gasteiger partial charge in [-0.25, -0.2) is 9.79 Å². The summed E-state index contributed by atoms with van der Waals surface area (Å²) in [5, 5.41) is 9.88. The summed E-state index contributed by atoms with van der Waals surface area (Å²) < 4.78 is 15.8. The van der Waals surface area contributed by atoms with E-state index in [1.54, 1.807) is 37.1 Å². The van der Waals surface area contributed by atoms with Gasteiger partial charge in [0.05, 0.1) is 32.6 Å². The monoisotopic (exact) mass is 386 g/mol. The third-order valence-electron chi connectivity index (χ3n) is 4.32. The van der Waals surface area contributed by atoms with Crippen molar-refractivity contribution in [3.8, 4) is 17.6 Å². The zero-order chi connectivity index (χ0) is 19.7. The van der Waals surface area contributed by atoms with Crippen LogP contribution in [0.25, 0.3) is 0 Å². The summed E-state index contributed by atoms with van der Waals surface area (Å²) in [7, 11) is 4.40. The van der Waals surface area contributed by atoms with Gasteiger partial charge in [-0.2, -0.15) is 5.26 Å². The molecule has 0 aliphatic carbocycles. The number of rotatable bonds is 4. The number of hydrogen-bond donors (Lipinski definition) is 1. The number of carbonyl (C=O) groups excluding carboxylic acids is 1. The van der Waals surface area contributed by atoms with Crippen molar-refractivity contribution in [1.29, 1.82) is 5.26 Å². The van der Waals surface area contributed by atoms with Crippen LogP contribution in [-0.2, 0) is 9.53 Å². The van der Waals surface area contributed by atoms with Gasteiger partial charge in [-0.1, -0.05) is 0 Å². The van der Waals surface area contributed by atoms with E-state index in [0.29, 0.717) is 38.4 Å². The first-order chi connectivity index (χ1) is 13.0. The summed E-state index contributed by atoms with van der Waals surface area (Å²) in [5.41, 5.74) is 7.71. The Hall–Kier alpha value is -3.12. The van der Waals surface area contributed by atoms with Gasteiger partial charge in [0.1, 0.15) is 34.3 Å². The first kappa shape index (κ1) is 18.7. The predicted molar refractivity (Wildman–Crippen MR) is 101 cm³/mol. The summed E-state index contributed by atoms with van der Waals surface area (Å²) in [6.07, 6.45) is 0. The van der Waals surface area contributed by atoms with Gasteiger partial charge in [0, 0.05) is 11.6 Å². The van der Waals surface area contributed by atoms with Crippen molar-refractivity contribution in [2.45, 2.75) is 13.0 Å². The Kier molecular flexibility index (Phi) is 5.01. The smallest absolute Gasteiger partial charge is 0.338 e. The van der Waals surface area contributed by atoms with Crippen molar-refractivity contribution in [3.05, 3.63) is 45.8 Å². The molecule has 2 aliphatic rings. The molecular weight excluding hydrogens is 368 g/mol. The molecule has 1 aromatic rings. The van der Waals surface area contributed by atoms with E-state index in [4.69, 9.17) is 19.9 Å². The summed E-state index contributed by atoms with van der Waals surface area (Å²) in [4.78, 5) is 19.0. The molecule has 2 heterocycles. The highest BCUT2D eigenvalue weighted by Crippen LogP contribution is 2.47. The third-order valence-corrected chi connectivity index (χ3v) is 5.29. The number of nitrogens with zero attached hydrogens (tertiary/aromatic N) is 3. The van der Waals surface area contributed by atoms with Crippen molar-refractivity contribution in [2.24, 2.45) is 10.7 Å². The van der Waals surface area contributed by atoms with Crippen LogP contribution in [0.4, 0.5) is 0 Å². The van der Waals surface area contributed by atoms with E-state index in [2.05, 4.69) is 11.1 Å². The minimum Gasteiger partial charge on any atom is -0.497 e. The van der Waals surface area contributed by atoms with Gasteiger partial charge >= 0.3 is 5.97 Å². The van der Waals surface area contributed by atoms with Crippen LogP contribution in [-0.4, -0.2) is 37.4 Å². The lowest BCUT2D eigenvalue weighted by Gasteiger charge is -2.35. The van der Waals surface area contributed by atoms with E-state index in [-0.39, 0.29) is 5.82 Å². The minimum absolute atomic E-state index is 0.234. The van der Waals surface area contributed by atoms with Gasteiger partial charge < -0.3 is 19.9 Å². The summed E-state index contributed by atoms with van der Waals surface area (Å²) >= 11 is 1.16. The molecule has 1 atom stereocenters. The van der Waals surface area contributed by atoms with Crippen LogP contribution in [0.5, 0.6) is 11.5 Å². The van der Waals surface area contributed by atoms with Gasteiger partial charge in [-0.3, -0.25) is 4.90 Å². The van der Waals surface area contributed by atoms with Gasteiger partial charge in [-0.15, -0.1) is 0 Å². The maximum Gasteiger partial charge on any atom is 0.338 e. The number of carbonyl (C=O) groups is 1. The second-order valence-electron chi connectivity index (χ2n) is 5.69. The number of amidine groups is 1. The highest BCUT2D eigenvalue weighted by Gasteiger charge is 2.43. The Morgan fingerprint density at radius 3 is 2.67 bits per heavy atom. The maximum absolute atomic E-state index is 12.6. The van der Waals surface area contributed by atoms with Crippen molar-refractivity contribution >= 4 is 22.9 Å². The standard InChI is InChI=1S/C18H18N4O4S/c1-9-14(17(23)26-4)15(11-6-5-10(24-2)7-12(11)25-3)22-16(20)13(8-19)27-18(22)21-9/h5-7,15H,20H2,1-4H3/t15-/m0/s1. The van der Waals surface area contributed by atoms with E-state index in [9.17, 15) is 10.1 Å². The molecular formula is C18H18N4O4S. The van der Waals surface area contributed by atoms with Crippen molar-refractivity contribution in [1.82, 2.24) is 4.90 Å². The van der Waals surface area contributed by atoms with E-state index in [1.165, 1.54) is 14.2 Å². The number of nitriles is 1. The molecule has 0 fully saturated rings. The molecule has 0 bridgehead atoms. The van der Waals surface area contributed by atoms with Crippen molar-refractivity contribution in [3.63, 3.8) is 0 Å². The normalized spacial score (nSPS) is 18.7. The highest BCUT2D eigenvalue weighted by atomic mass is 32.2. The Balaban J connectivity index is 2.25. The molecule has 0 aromatic heterocycles. The zero-order valence-electron chi connectivity index (χ0n) is 15.3. The number of esters is 1. The Labute approximate surface area is 160 Å². The Morgan fingerprint density at radius 2 is 2.07 bits per heavy atom. The van der Waals surface area contributed by atoms with Crippen LogP contribution >= 0.6 is 11.8 Å². The SMILES string of the molecule is COC(=O)C1=C(C)N=C2SC(C#N)=C(N)N2[C@H]1c1ccc(OC)cc1OC. The minimum atomic E-state index is -0.649. The van der Waals surface area contributed by atoms with E-state index in [1.807, 2.05) is 0 Å².